The smallest absolute Gasteiger partial charge is 0.259 e. The molecule has 0 unspecified atom stereocenters. The van der Waals surface area contributed by atoms with Gasteiger partial charge in [-0.05, 0) is 32.0 Å². The SMILES string of the molecule is COc1ccc(OC)c(NC(=O)c2cc(-c3cn(C)nc3C)nc3onc(C)c23)c1. The Morgan fingerprint density at radius 3 is 2.60 bits per heavy atom. The maximum atomic E-state index is 13.3. The Hall–Kier alpha value is -3.88. The predicted octanol–water partition coefficient (Wildman–Crippen LogP) is 3.51. The van der Waals surface area contributed by atoms with E-state index in [9.17, 15) is 4.79 Å². The van der Waals surface area contributed by atoms with Gasteiger partial charge < -0.3 is 19.3 Å². The lowest BCUT2D eigenvalue weighted by Crippen LogP contribution is -2.14. The van der Waals surface area contributed by atoms with Gasteiger partial charge in [0, 0.05) is 24.9 Å². The number of fused-ring (bicyclic) bond motifs is 1. The fraction of sp³-hybridized carbons (Fsp3) is 0.238. The molecular formula is C21H21N5O4. The number of ether oxygens (including phenoxy) is 2. The molecule has 4 aromatic rings. The highest BCUT2D eigenvalue weighted by molar-refractivity contribution is 6.13. The molecule has 0 saturated carbocycles. The molecule has 1 aromatic carbocycles. The molecule has 1 amide bonds. The number of rotatable bonds is 5. The fourth-order valence-electron chi connectivity index (χ4n) is 3.36. The number of hydrogen-bond donors (Lipinski definition) is 1. The number of aryl methyl sites for hydroxylation is 3. The lowest BCUT2D eigenvalue weighted by atomic mass is 10.1. The summed E-state index contributed by atoms with van der Waals surface area (Å²) >= 11 is 0. The van der Waals surface area contributed by atoms with Gasteiger partial charge in [-0.1, -0.05) is 5.16 Å². The third-order valence-electron chi connectivity index (χ3n) is 4.81. The highest BCUT2D eigenvalue weighted by Crippen LogP contribution is 2.32. The van der Waals surface area contributed by atoms with Crippen LogP contribution in [0.25, 0.3) is 22.4 Å². The van der Waals surface area contributed by atoms with Crippen molar-refractivity contribution in [3.05, 3.63) is 47.4 Å². The maximum absolute atomic E-state index is 13.3. The van der Waals surface area contributed by atoms with E-state index in [1.165, 1.54) is 7.11 Å². The topological polar surface area (TPSA) is 104 Å². The molecule has 1 N–H and O–H groups in total. The number of hydrogen-bond acceptors (Lipinski definition) is 7. The van der Waals surface area contributed by atoms with Gasteiger partial charge in [0.15, 0.2) is 0 Å². The monoisotopic (exact) mass is 407 g/mol. The Kier molecular flexibility index (Phi) is 4.86. The number of amides is 1. The summed E-state index contributed by atoms with van der Waals surface area (Å²) in [6.07, 6.45) is 1.85. The standard InChI is InChI=1S/C21H21N5O4/c1-11-15(10-26(3)24-11)16-9-14(19-12(2)25-30-21(19)23-16)20(27)22-17-8-13(28-4)6-7-18(17)29-5/h6-10H,1-5H3,(H,22,27). The molecule has 0 aliphatic heterocycles. The zero-order chi connectivity index (χ0) is 21.4. The molecule has 0 aliphatic carbocycles. The van der Waals surface area contributed by atoms with Gasteiger partial charge in [-0.3, -0.25) is 9.48 Å². The van der Waals surface area contributed by atoms with Crippen molar-refractivity contribution in [1.29, 1.82) is 0 Å². The van der Waals surface area contributed by atoms with E-state index in [-0.39, 0.29) is 11.6 Å². The first-order valence-corrected chi connectivity index (χ1v) is 9.22. The number of nitrogens with zero attached hydrogens (tertiary/aromatic N) is 4. The second-order valence-electron chi connectivity index (χ2n) is 6.83. The van der Waals surface area contributed by atoms with Crippen molar-refractivity contribution in [2.75, 3.05) is 19.5 Å². The summed E-state index contributed by atoms with van der Waals surface area (Å²) in [4.78, 5) is 17.8. The maximum Gasteiger partial charge on any atom is 0.259 e. The fourth-order valence-corrected chi connectivity index (χ4v) is 3.36. The van der Waals surface area contributed by atoms with Gasteiger partial charge in [-0.2, -0.15) is 5.10 Å². The van der Waals surface area contributed by atoms with Crippen molar-refractivity contribution in [3.63, 3.8) is 0 Å². The Morgan fingerprint density at radius 2 is 1.93 bits per heavy atom. The lowest BCUT2D eigenvalue weighted by molar-refractivity contribution is 0.102. The Bertz CT molecular complexity index is 1260. The third kappa shape index (κ3) is 3.34. The number of aromatic nitrogens is 4. The molecule has 154 valence electrons. The van der Waals surface area contributed by atoms with E-state index in [0.717, 1.165) is 11.3 Å². The van der Waals surface area contributed by atoms with Crippen LogP contribution in [0.3, 0.4) is 0 Å². The summed E-state index contributed by atoms with van der Waals surface area (Å²) in [5, 5.41) is 11.8. The van der Waals surface area contributed by atoms with Crippen LogP contribution < -0.4 is 14.8 Å². The summed E-state index contributed by atoms with van der Waals surface area (Å²) < 4.78 is 17.7. The quantitative estimate of drug-likeness (QED) is 0.540. The Balaban J connectivity index is 1.83. The first-order chi connectivity index (χ1) is 14.4. The molecule has 3 aromatic heterocycles. The molecule has 0 saturated heterocycles. The summed E-state index contributed by atoms with van der Waals surface area (Å²) in [5.41, 5.74) is 3.92. The largest absolute Gasteiger partial charge is 0.497 e. The molecule has 0 spiro atoms. The van der Waals surface area contributed by atoms with Gasteiger partial charge in [0.2, 0.25) is 0 Å². The van der Waals surface area contributed by atoms with E-state index in [4.69, 9.17) is 14.0 Å². The van der Waals surface area contributed by atoms with Gasteiger partial charge in [0.1, 0.15) is 11.5 Å². The molecule has 0 fully saturated rings. The number of carbonyl (C=O) groups is 1. The van der Waals surface area contributed by atoms with Crippen LogP contribution in [-0.4, -0.2) is 40.0 Å². The number of anilines is 1. The average molecular weight is 407 g/mol. The molecule has 4 rings (SSSR count). The number of benzene rings is 1. The second-order valence-corrected chi connectivity index (χ2v) is 6.83. The summed E-state index contributed by atoms with van der Waals surface area (Å²) in [7, 11) is 4.93. The van der Waals surface area contributed by atoms with E-state index < -0.39 is 0 Å². The Labute approximate surface area is 172 Å². The van der Waals surface area contributed by atoms with Gasteiger partial charge >= 0.3 is 0 Å². The van der Waals surface area contributed by atoms with E-state index >= 15 is 0 Å². The van der Waals surface area contributed by atoms with Crippen molar-refractivity contribution in [3.8, 4) is 22.8 Å². The van der Waals surface area contributed by atoms with E-state index in [1.807, 2.05) is 20.2 Å². The lowest BCUT2D eigenvalue weighted by Gasteiger charge is -2.12. The molecular weight excluding hydrogens is 386 g/mol. The van der Waals surface area contributed by atoms with Gasteiger partial charge in [-0.15, -0.1) is 0 Å². The number of carbonyl (C=O) groups excluding carboxylic acids is 1. The molecule has 9 heteroatoms. The minimum atomic E-state index is -0.344. The number of pyridine rings is 1. The van der Waals surface area contributed by atoms with Crippen molar-refractivity contribution < 1.29 is 18.8 Å². The van der Waals surface area contributed by atoms with Gasteiger partial charge in [-0.25, -0.2) is 4.98 Å². The second kappa shape index (κ2) is 7.51. The number of methoxy groups -OCH3 is 2. The average Bonchev–Trinajstić information content (AvgIpc) is 3.28. The van der Waals surface area contributed by atoms with Crippen molar-refractivity contribution >= 4 is 22.7 Å². The zero-order valence-electron chi connectivity index (χ0n) is 17.3. The van der Waals surface area contributed by atoms with E-state index in [2.05, 4.69) is 20.6 Å². The predicted molar refractivity (Wildman–Crippen MR) is 111 cm³/mol. The van der Waals surface area contributed by atoms with Crippen LogP contribution in [0.5, 0.6) is 11.5 Å². The van der Waals surface area contributed by atoms with Crippen LogP contribution in [0.2, 0.25) is 0 Å². The first-order valence-electron chi connectivity index (χ1n) is 9.22. The summed E-state index contributed by atoms with van der Waals surface area (Å²) in [5.74, 6) is 0.765. The van der Waals surface area contributed by atoms with Gasteiger partial charge in [0.05, 0.1) is 47.9 Å². The number of nitrogens with one attached hydrogen (secondary N) is 1. The molecule has 30 heavy (non-hydrogen) atoms. The van der Waals surface area contributed by atoms with Crippen LogP contribution in [0, 0.1) is 13.8 Å². The Morgan fingerprint density at radius 1 is 1.13 bits per heavy atom. The molecule has 9 nitrogen and oxygen atoms in total. The van der Waals surface area contributed by atoms with Gasteiger partial charge in [0.25, 0.3) is 11.6 Å². The molecule has 0 aliphatic rings. The van der Waals surface area contributed by atoms with Crippen LogP contribution in [0.1, 0.15) is 21.7 Å². The highest BCUT2D eigenvalue weighted by Gasteiger charge is 2.22. The van der Waals surface area contributed by atoms with Crippen LogP contribution in [0.4, 0.5) is 5.69 Å². The first kappa shape index (κ1) is 19.4. The van der Waals surface area contributed by atoms with Crippen LogP contribution in [0.15, 0.2) is 35.0 Å². The third-order valence-corrected chi connectivity index (χ3v) is 4.81. The minimum absolute atomic E-state index is 0.288. The van der Waals surface area contributed by atoms with Crippen molar-refractivity contribution in [1.82, 2.24) is 19.9 Å². The van der Waals surface area contributed by atoms with Crippen molar-refractivity contribution in [2.24, 2.45) is 7.05 Å². The van der Waals surface area contributed by atoms with Crippen LogP contribution >= 0.6 is 0 Å². The molecule has 0 radical (unpaired) electrons. The highest BCUT2D eigenvalue weighted by atomic mass is 16.5. The van der Waals surface area contributed by atoms with Crippen LogP contribution in [-0.2, 0) is 7.05 Å². The molecule has 0 bridgehead atoms. The van der Waals surface area contributed by atoms with Crippen molar-refractivity contribution in [2.45, 2.75) is 13.8 Å². The normalized spacial score (nSPS) is 11.0. The van der Waals surface area contributed by atoms with E-state index in [0.29, 0.717) is 39.5 Å². The van der Waals surface area contributed by atoms with E-state index in [1.54, 1.807) is 43.0 Å². The zero-order valence-corrected chi connectivity index (χ0v) is 17.3. The summed E-state index contributed by atoms with van der Waals surface area (Å²) in [6.45, 7) is 3.65. The molecule has 0 atom stereocenters. The molecule has 3 heterocycles. The summed E-state index contributed by atoms with van der Waals surface area (Å²) in [6, 6.07) is 6.90. The minimum Gasteiger partial charge on any atom is -0.497 e.